The normalized spacial score (nSPS) is 10.6. The SMILES string of the molecule is COc1cc(-n2cnnn2)ccc1NCc1cnc(Cl)s1. The van der Waals surface area contributed by atoms with Crippen LogP contribution in [0.4, 0.5) is 5.69 Å². The number of methoxy groups -OCH3 is 1. The molecule has 0 amide bonds. The number of aromatic nitrogens is 5. The van der Waals surface area contributed by atoms with Crippen LogP contribution in [0.1, 0.15) is 4.88 Å². The van der Waals surface area contributed by atoms with Gasteiger partial charge in [0.1, 0.15) is 12.1 Å². The zero-order chi connectivity index (χ0) is 14.7. The Balaban J connectivity index is 1.79. The Morgan fingerprint density at radius 1 is 1.43 bits per heavy atom. The summed E-state index contributed by atoms with van der Waals surface area (Å²) in [4.78, 5) is 5.05. The number of halogens is 1. The molecule has 0 atom stereocenters. The summed E-state index contributed by atoms with van der Waals surface area (Å²) in [6.45, 7) is 0.630. The molecule has 9 heteroatoms. The van der Waals surface area contributed by atoms with Crippen LogP contribution in [-0.4, -0.2) is 32.3 Å². The van der Waals surface area contributed by atoms with Gasteiger partial charge in [0.25, 0.3) is 0 Å². The third-order valence-electron chi connectivity index (χ3n) is 2.78. The molecule has 0 saturated heterocycles. The third-order valence-corrected chi connectivity index (χ3v) is 3.89. The summed E-state index contributed by atoms with van der Waals surface area (Å²) in [6.07, 6.45) is 3.28. The van der Waals surface area contributed by atoms with Gasteiger partial charge >= 0.3 is 0 Å². The smallest absolute Gasteiger partial charge is 0.183 e. The van der Waals surface area contributed by atoms with Gasteiger partial charge in [-0.15, -0.1) is 16.4 Å². The molecule has 21 heavy (non-hydrogen) atoms. The monoisotopic (exact) mass is 322 g/mol. The number of ether oxygens (including phenoxy) is 1. The molecule has 108 valence electrons. The molecule has 0 unspecified atom stereocenters. The second kappa shape index (κ2) is 6.06. The first-order valence-corrected chi connectivity index (χ1v) is 7.21. The van der Waals surface area contributed by atoms with E-state index < -0.39 is 0 Å². The predicted molar refractivity (Wildman–Crippen MR) is 80.2 cm³/mol. The highest BCUT2D eigenvalue weighted by Gasteiger charge is 2.07. The number of nitrogens with zero attached hydrogens (tertiary/aromatic N) is 5. The molecule has 0 saturated carbocycles. The van der Waals surface area contributed by atoms with Crippen LogP contribution < -0.4 is 10.1 Å². The molecule has 0 radical (unpaired) electrons. The van der Waals surface area contributed by atoms with Gasteiger partial charge < -0.3 is 10.1 Å². The topological polar surface area (TPSA) is 77.8 Å². The fourth-order valence-electron chi connectivity index (χ4n) is 1.80. The van der Waals surface area contributed by atoms with Crippen LogP contribution in [-0.2, 0) is 6.54 Å². The van der Waals surface area contributed by atoms with Crippen molar-refractivity contribution >= 4 is 28.6 Å². The number of tetrazole rings is 1. The highest BCUT2D eigenvalue weighted by Crippen LogP contribution is 2.28. The summed E-state index contributed by atoms with van der Waals surface area (Å²) in [5.74, 6) is 0.707. The van der Waals surface area contributed by atoms with Crippen molar-refractivity contribution in [3.8, 4) is 11.4 Å². The summed E-state index contributed by atoms with van der Waals surface area (Å²) >= 11 is 7.25. The van der Waals surface area contributed by atoms with Gasteiger partial charge in [-0.2, -0.15) is 0 Å². The lowest BCUT2D eigenvalue weighted by Gasteiger charge is -2.11. The van der Waals surface area contributed by atoms with Crippen LogP contribution in [0.25, 0.3) is 5.69 Å². The molecule has 1 N–H and O–H groups in total. The minimum atomic E-state index is 0.535. The first-order chi connectivity index (χ1) is 10.3. The van der Waals surface area contributed by atoms with E-state index in [0.29, 0.717) is 16.8 Å². The molecule has 0 aliphatic carbocycles. The van der Waals surface area contributed by atoms with Crippen molar-refractivity contribution in [2.75, 3.05) is 12.4 Å². The number of hydrogen-bond acceptors (Lipinski definition) is 7. The van der Waals surface area contributed by atoms with Crippen LogP contribution in [0.15, 0.2) is 30.7 Å². The van der Waals surface area contributed by atoms with Crippen LogP contribution in [0.5, 0.6) is 5.75 Å². The summed E-state index contributed by atoms with van der Waals surface area (Å²) < 4.78 is 7.49. The maximum Gasteiger partial charge on any atom is 0.183 e. The van der Waals surface area contributed by atoms with E-state index in [4.69, 9.17) is 16.3 Å². The van der Waals surface area contributed by atoms with Crippen molar-refractivity contribution in [2.24, 2.45) is 0 Å². The van der Waals surface area contributed by atoms with Gasteiger partial charge in [-0.3, -0.25) is 0 Å². The van der Waals surface area contributed by atoms with Gasteiger partial charge in [-0.25, -0.2) is 9.67 Å². The van der Waals surface area contributed by atoms with Gasteiger partial charge in [0.15, 0.2) is 4.47 Å². The molecule has 1 aromatic carbocycles. The lowest BCUT2D eigenvalue weighted by atomic mass is 10.2. The number of hydrogen-bond donors (Lipinski definition) is 1. The first kappa shape index (κ1) is 13.8. The summed E-state index contributed by atoms with van der Waals surface area (Å²) in [7, 11) is 1.62. The van der Waals surface area contributed by atoms with Crippen LogP contribution in [0, 0.1) is 0 Å². The molecule has 3 aromatic rings. The number of rotatable bonds is 5. The Morgan fingerprint density at radius 2 is 2.33 bits per heavy atom. The second-order valence-electron chi connectivity index (χ2n) is 4.07. The van der Waals surface area contributed by atoms with Gasteiger partial charge in [-0.1, -0.05) is 11.6 Å². The predicted octanol–water partition coefficient (Wildman–Crippen LogP) is 2.39. The van der Waals surface area contributed by atoms with Gasteiger partial charge in [-0.05, 0) is 22.6 Å². The number of anilines is 1. The van der Waals surface area contributed by atoms with Gasteiger partial charge in [0.05, 0.1) is 25.0 Å². The maximum absolute atomic E-state index is 5.81. The Bertz CT molecular complexity index is 729. The molecular formula is C12H11ClN6OS. The molecular weight excluding hydrogens is 312 g/mol. The lowest BCUT2D eigenvalue weighted by molar-refractivity contribution is 0.416. The Kier molecular flexibility index (Phi) is 3.98. The first-order valence-electron chi connectivity index (χ1n) is 6.02. The summed E-state index contributed by atoms with van der Waals surface area (Å²) in [6, 6.07) is 5.68. The van der Waals surface area contributed by atoms with Crippen LogP contribution in [0.2, 0.25) is 4.47 Å². The zero-order valence-corrected chi connectivity index (χ0v) is 12.6. The van der Waals surface area contributed by atoms with E-state index in [-0.39, 0.29) is 0 Å². The lowest BCUT2D eigenvalue weighted by Crippen LogP contribution is -2.02. The zero-order valence-electron chi connectivity index (χ0n) is 11.0. The van der Waals surface area contributed by atoms with E-state index in [0.717, 1.165) is 16.3 Å². The number of nitrogens with one attached hydrogen (secondary N) is 1. The van der Waals surface area contributed by atoms with E-state index in [1.807, 2.05) is 18.2 Å². The van der Waals surface area contributed by atoms with Crippen molar-refractivity contribution in [2.45, 2.75) is 6.54 Å². The highest BCUT2D eigenvalue weighted by molar-refractivity contribution is 7.15. The minimum absolute atomic E-state index is 0.535. The fraction of sp³-hybridized carbons (Fsp3) is 0.167. The molecule has 0 fully saturated rings. The van der Waals surface area contributed by atoms with E-state index in [2.05, 4.69) is 25.8 Å². The molecule has 0 bridgehead atoms. The third kappa shape index (κ3) is 3.11. The summed E-state index contributed by atoms with van der Waals surface area (Å²) in [5.41, 5.74) is 1.70. The Hall–Kier alpha value is -2.19. The largest absolute Gasteiger partial charge is 0.495 e. The average molecular weight is 323 g/mol. The fourth-order valence-corrected chi connectivity index (χ4v) is 2.71. The number of benzene rings is 1. The van der Waals surface area contributed by atoms with E-state index >= 15 is 0 Å². The van der Waals surface area contributed by atoms with Crippen molar-refractivity contribution in [1.29, 1.82) is 0 Å². The highest BCUT2D eigenvalue weighted by atomic mass is 35.5. The van der Waals surface area contributed by atoms with Crippen molar-refractivity contribution in [1.82, 2.24) is 25.2 Å². The average Bonchev–Trinajstić information content (AvgIpc) is 3.16. The van der Waals surface area contributed by atoms with Crippen molar-refractivity contribution < 1.29 is 4.74 Å². The quantitative estimate of drug-likeness (QED) is 0.777. The van der Waals surface area contributed by atoms with Crippen LogP contribution >= 0.6 is 22.9 Å². The van der Waals surface area contributed by atoms with E-state index in [1.54, 1.807) is 18.0 Å². The number of thiazole rings is 1. The molecule has 3 rings (SSSR count). The maximum atomic E-state index is 5.81. The molecule has 2 aromatic heterocycles. The molecule has 0 aliphatic heterocycles. The van der Waals surface area contributed by atoms with E-state index in [9.17, 15) is 0 Å². The summed E-state index contributed by atoms with van der Waals surface area (Å²) in [5, 5.41) is 14.4. The van der Waals surface area contributed by atoms with Crippen molar-refractivity contribution in [3.63, 3.8) is 0 Å². The Morgan fingerprint density at radius 3 is 3.00 bits per heavy atom. The minimum Gasteiger partial charge on any atom is -0.495 e. The molecule has 0 spiro atoms. The molecule has 0 aliphatic rings. The standard InChI is InChI=1S/C12H11ClN6OS/c1-20-11-4-8(19-7-16-17-18-19)2-3-10(11)14-5-9-6-15-12(13)21-9/h2-4,6-7,14H,5H2,1H3. The van der Waals surface area contributed by atoms with Gasteiger partial charge in [0, 0.05) is 17.1 Å². The van der Waals surface area contributed by atoms with Crippen molar-refractivity contribution in [3.05, 3.63) is 40.1 Å². The Labute approximate surface area is 129 Å². The van der Waals surface area contributed by atoms with Crippen LogP contribution in [0.3, 0.4) is 0 Å². The van der Waals surface area contributed by atoms with E-state index in [1.165, 1.54) is 17.7 Å². The molecule has 7 nitrogen and oxygen atoms in total. The molecule has 2 heterocycles. The van der Waals surface area contributed by atoms with Gasteiger partial charge in [0.2, 0.25) is 0 Å². The second-order valence-corrected chi connectivity index (χ2v) is 5.77.